The van der Waals surface area contributed by atoms with Gasteiger partial charge in [-0.1, -0.05) is 36.0 Å². The minimum Gasteiger partial charge on any atom is -0.351 e. The fourth-order valence-electron chi connectivity index (χ4n) is 0.284. The highest BCUT2D eigenvalue weighted by atomic mass is 35.7. The second-order valence-electron chi connectivity index (χ2n) is 1.41. The first-order chi connectivity index (χ1) is 3.77. The molecule has 1 N–H and O–H groups in total. The molecule has 1 atom stereocenters. The van der Waals surface area contributed by atoms with Crippen LogP contribution in [0.4, 0.5) is 0 Å². The predicted molar refractivity (Wildman–Crippen MR) is 42.4 cm³/mol. The third-order valence-electron chi connectivity index (χ3n) is 0.696. The van der Waals surface area contributed by atoms with E-state index in [0.717, 1.165) is 12.2 Å². The Bertz CT molecular complexity index is 53.3. The molecule has 1 nitrogen and oxygen atoms in total. The lowest BCUT2D eigenvalue weighted by molar-refractivity contribution is 0.655. The van der Waals surface area contributed by atoms with Gasteiger partial charge in [-0.25, -0.2) is 0 Å². The van der Waals surface area contributed by atoms with Crippen molar-refractivity contribution in [2.24, 2.45) is 0 Å². The fourth-order valence-corrected chi connectivity index (χ4v) is 2.31. The van der Waals surface area contributed by atoms with E-state index in [1.165, 1.54) is 17.8 Å². The zero-order chi connectivity index (χ0) is 6.41. The molecule has 0 fully saturated rings. The zero-order valence-electron chi connectivity index (χ0n) is 4.80. The summed E-state index contributed by atoms with van der Waals surface area (Å²) in [6, 6.07) is 0. The van der Waals surface area contributed by atoms with Gasteiger partial charge in [-0.15, -0.1) is 0 Å². The summed E-state index contributed by atoms with van der Waals surface area (Å²) in [6.45, 7) is 0.896. The van der Waals surface area contributed by atoms with Crippen LogP contribution in [-0.4, -0.2) is 10.6 Å². The summed E-state index contributed by atoms with van der Waals surface area (Å²) < 4.78 is 0. The molecule has 0 aromatic rings. The van der Waals surface area contributed by atoms with E-state index < -0.39 is 6.70 Å². The van der Waals surface area contributed by atoms with Crippen molar-refractivity contribution in [3.63, 3.8) is 0 Å². The summed E-state index contributed by atoms with van der Waals surface area (Å²) in [5, 5.41) is 0. The molecule has 0 saturated heterocycles. The van der Waals surface area contributed by atoms with E-state index in [-0.39, 0.29) is 0 Å². The van der Waals surface area contributed by atoms with Crippen LogP contribution in [-0.2, 0) is 0 Å². The molecule has 0 amide bonds. The summed E-state index contributed by atoms with van der Waals surface area (Å²) >= 11 is 6.74. The van der Waals surface area contributed by atoms with Gasteiger partial charge in [0.15, 0.2) is 6.70 Å². The van der Waals surface area contributed by atoms with Gasteiger partial charge in [0.25, 0.3) is 0 Å². The molecule has 0 bridgehead atoms. The molecule has 8 heavy (non-hydrogen) atoms. The molecule has 0 saturated carbocycles. The number of halogens is 1. The monoisotopic (exact) mass is 172 g/mol. The lowest BCUT2D eigenvalue weighted by Crippen LogP contribution is -1.71. The van der Waals surface area contributed by atoms with Crippen LogP contribution in [0.5, 0.6) is 0 Å². The largest absolute Gasteiger partial charge is 0.351 e. The Morgan fingerprint density at radius 1 is 1.75 bits per heavy atom. The quantitative estimate of drug-likeness (QED) is 0.520. The van der Waals surface area contributed by atoms with Crippen molar-refractivity contribution in [2.75, 3.05) is 5.75 Å². The van der Waals surface area contributed by atoms with Crippen molar-refractivity contribution in [1.29, 1.82) is 0 Å². The molecule has 1 unspecified atom stereocenters. The molecule has 0 aliphatic heterocycles. The Kier molecular flexibility index (Phi) is 6.95. The van der Waals surface area contributed by atoms with E-state index in [0.29, 0.717) is 0 Å². The number of rotatable bonds is 4. The molecule has 4 heteroatoms. The summed E-state index contributed by atoms with van der Waals surface area (Å²) in [4.78, 5) is 8.57. The van der Waals surface area contributed by atoms with Crippen molar-refractivity contribution in [3.05, 3.63) is 0 Å². The minimum atomic E-state index is -1.22. The first kappa shape index (κ1) is 9.03. The lowest BCUT2D eigenvalue weighted by Gasteiger charge is -1.96. The normalized spacial score (nSPS) is 13.9. The second kappa shape index (κ2) is 6.15. The van der Waals surface area contributed by atoms with Crippen LogP contribution < -0.4 is 0 Å². The van der Waals surface area contributed by atoms with Crippen molar-refractivity contribution in [3.8, 4) is 0 Å². The average molecular weight is 173 g/mol. The molecule has 0 spiro atoms. The molecule has 0 radical (unpaired) electrons. The molecule has 0 aromatic heterocycles. The van der Waals surface area contributed by atoms with Crippen LogP contribution in [0, 0.1) is 0 Å². The van der Waals surface area contributed by atoms with E-state index in [4.69, 9.17) is 16.1 Å². The Hall–Kier alpha value is 1.03. The Labute approximate surface area is 60.2 Å². The van der Waals surface area contributed by atoms with Gasteiger partial charge in [-0.05, 0) is 6.42 Å². The van der Waals surface area contributed by atoms with Crippen LogP contribution in [0.3, 0.4) is 0 Å². The third kappa shape index (κ3) is 7.03. The average Bonchev–Trinajstić information content (AvgIpc) is 1.66. The van der Waals surface area contributed by atoms with Gasteiger partial charge >= 0.3 is 0 Å². The smallest absolute Gasteiger partial charge is 0.185 e. The molecule has 0 heterocycles. The van der Waals surface area contributed by atoms with E-state index in [9.17, 15) is 0 Å². The van der Waals surface area contributed by atoms with Gasteiger partial charge in [-0.3, -0.25) is 0 Å². The molecular formula is C4H10ClOPS. The van der Waals surface area contributed by atoms with E-state index in [1.54, 1.807) is 0 Å². The first-order valence-corrected chi connectivity index (χ1v) is 6.34. The number of unbranched alkanes of at least 4 members (excludes halogenated alkanes) is 1. The van der Waals surface area contributed by atoms with Crippen molar-refractivity contribution in [2.45, 2.75) is 19.8 Å². The van der Waals surface area contributed by atoms with Crippen LogP contribution in [0.25, 0.3) is 0 Å². The third-order valence-corrected chi connectivity index (χ3v) is 3.45. The number of hydrogen-bond acceptors (Lipinski definition) is 2. The maximum atomic E-state index is 8.57. The maximum absolute atomic E-state index is 8.57. The summed E-state index contributed by atoms with van der Waals surface area (Å²) in [5.41, 5.74) is 0. The Balaban J connectivity index is 2.72. The van der Waals surface area contributed by atoms with Crippen molar-refractivity contribution in [1.82, 2.24) is 0 Å². The van der Waals surface area contributed by atoms with E-state index in [2.05, 4.69) is 6.92 Å². The highest BCUT2D eigenvalue weighted by Crippen LogP contribution is 2.50. The Morgan fingerprint density at radius 3 is 2.75 bits per heavy atom. The zero-order valence-corrected chi connectivity index (χ0v) is 7.27. The topological polar surface area (TPSA) is 20.2 Å². The van der Waals surface area contributed by atoms with Crippen LogP contribution in [0.2, 0.25) is 0 Å². The van der Waals surface area contributed by atoms with Gasteiger partial charge < -0.3 is 4.89 Å². The fraction of sp³-hybridized carbons (Fsp3) is 1.00. The summed E-state index contributed by atoms with van der Waals surface area (Å²) in [5.74, 6) is 0.988. The van der Waals surface area contributed by atoms with Crippen LogP contribution in [0.15, 0.2) is 0 Å². The van der Waals surface area contributed by atoms with Crippen molar-refractivity contribution < 1.29 is 4.89 Å². The SMILES string of the molecule is CCCCSP(O)Cl. The van der Waals surface area contributed by atoms with Gasteiger partial charge in [0.1, 0.15) is 0 Å². The molecule has 0 aromatic carbocycles. The highest BCUT2D eigenvalue weighted by molar-refractivity contribution is 8.61. The van der Waals surface area contributed by atoms with Crippen molar-refractivity contribution >= 4 is 29.3 Å². The molecule has 50 valence electrons. The van der Waals surface area contributed by atoms with Crippen LogP contribution >= 0.6 is 29.3 Å². The summed E-state index contributed by atoms with van der Waals surface area (Å²) in [6.07, 6.45) is 2.32. The van der Waals surface area contributed by atoms with Gasteiger partial charge in [0, 0.05) is 5.75 Å². The maximum Gasteiger partial charge on any atom is 0.185 e. The first-order valence-electron chi connectivity index (χ1n) is 2.55. The molecule has 0 aliphatic carbocycles. The van der Waals surface area contributed by atoms with Gasteiger partial charge in [0.2, 0.25) is 0 Å². The molecular weight excluding hydrogens is 163 g/mol. The standard InChI is InChI=1S/C4H10ClOPS/c1-2-3-4-8-7(5)6/h6H,2-4H2,1H3. The second-order valence-corrected chi connectivity index (χ2v) is 5.91. The molecule has 0 aliphatic rings. The minimum absolute atomic E-state index is 0.988. The number of hydrogen-bond donors (Lipinski definition) is 1. The van der Waals surface area contributed by atoms with Gasteiger partial charge in [0.05, 0.1) is 0 Å². The Morgan fingerprint density at radius 2 is 2.38 bits per heavy atom. The predicted octanol–water partition coefficient (Wildman–Crippen LogP) is 2.98. The van der Waals surface area contributed by atoms with Gasteiger partial charge in [-0.2, -0.15) is 0 Å². The van der Waals surface area contributed by atoms with Crippen LogP contribution in [0.1, 0.15) is 19.8 Å². The summed E-state index contributed by atoms with van der Waals surface area (Å²) in [7, 11) is 0. The van der Waals surface area contributed by atoms with E-state index in [1.807, 2.05) is 0 Å². The van der Waals surface area contributed by atoms with E-state index >= 15 is 0 Å². The molecule has 0 rings (SSSR count). The highest BCUT2D eigenvalue weighted by Gasteiger charge is 1.95. The lowest BCUT2D eigenvalue weighted by atomic mass is 10.4.